The molecule has 32 nitrogen and oxygen atoms in total. The summed E-state index contributed by atoms with van der Waals surface area (Å²) >= 11 is 6.70. The lowest BCUT2D eigenvalue weighted by Gasteiger charge is -2.49. The number of azide groups is 1. The number of amides is 5. The molecule has 0 saturated carbocycles. The predicted octanol–water partition coefficient (Wildman–Crippen LogP) is 7.45. The number of likely N-dealkylation sites (N-methyl/N-ethyl adjacent to an activating group) is 4. The number of methoxy groups -OCH3 is 1. The summed E-state index contributed by atoms with van der Waals surface area (Å²) in [6.45, 7) is 18.9. The number of ketones is 1. The molecule has 624 valence electrons. The number of carboxylic acids is 1. The Morgan fingerprint density at radius 2 is 1.14 bits per heavy atom. The molecule has 34 heteroatoms. The van der Waals surface area contributed by atoms with Crippen molar-refractivity contribution in [3.05, 3.63) is 117 Å². The minimum absolute atomic E-state index is 0.0533. The van der Waals surface area contributed by atoms with E-state index in [1.165, 1.54) is 48.1 Å². The number of carbonyl (C=O) groups is 8. The molecular formula is C78H115Br2N9O23. The minimum Gasteiger partial charge on any atom is -0.478 e. The average Bonchev–Trinajstić information content (AvgIpc) is 1.04. The Morgan fingerprint density at radius 3 is 1.58 bits per heavy atom. The van der Waals surface area contributed by atoms with Crippen molar-refractivity contribution in [2.75, 3.05) is 91.8 Å². The van der Waals surface area contributed by atoms with Crippen molar-refractivity contribution in [1.29, 1.82) is 0 Å². The first-order valence-electron chi connectivity index (χ1n) is 37.8. The number of cyclic esters (lactones) is 4. The Morgan fingerprint density at radius 1 is 0.670 bits per heavy atom. The molecular weight excluding hydrogens is 1590 g/mol. The van der Waals surface area contributed by atoms with Gasteiger partial charge in [-0.15, -0.1) is 0 Å². The number of esters is 1. The highest BCUT2D eigenvalue weighted by molar-refractivity contribution is 9.09. The number of hydrogen-bond acceptors (Lipinski definition) is 24. The lowest BCUT2D eigenvalue weighted by atomic mass is 9.74. The normalized spacial score (nSPS) is 32.3. The number of aliphatic hydroxyl groups excluding tert-OH is 3. The van der Waals surface area contributed by atoms with Crippen molar-refractivity contribution < 1.29 is 112 Å². The van der Waals surface area contributed by atoms with Crippen LogP contribution in [0.1, 0.15) is 143 Å². The molecule has 6 saturated heterocycles. The maximum absolute atomic E-state index is 14.3. The predicted molar refractivity (Wildman–Crippen MR) is 418 cm³/mol. The number of hydrogen-bond donors (Lipinski definition) is 8. The largest absolute Gasteiger partial charge is 0.478 e. The molecule has 0 spiro atoms. The number of aromatic carboxylic acids is 1. The Labute approximate surface area is 672 Å². The van der Waals surface area contributed by atoms with E-state index in [0.29, 0.717) is 62.3 Å². The third-order valence-electron chi connectivity index (χ3n) is 21.4. The number of benzene rings is 3. The first kappa shape index (κ1) is 93.7. The van der Waals surface area contributed by atoms with E-state index in [2.05, 4.69) is 52.5 Å². The number of nitrogens with one attached hydrogen (secondary N) is 2. The van der Waals surface area contributed by atoms with E-state index in [1.54, 1.807) is 99.1 Å². The van der Waals surface area contributed by atoms with Crippen molar-refractivity contribution in [3.8, 4) is 0 Å². The van der Waals surface area contributed by atoms with Crippen molar-refractivity contribution in [1.82, 2.24) is 30.2 Å². The fourth-order valence-corrected chi connectivity index (χ4v) is 15.4. The van der Waals surface area contributed by atoms with Crippen LogP contribution in [0.4, 0.5) is 14.4 Å². The molecule has 0 aliphatic carbocycles. The molecule has 0 aromatic heterocycles. The second-order valence-electron chi connectivity index (χ2n) is 30.5. The number of Topliss-reactive ketones (excluding diaryl/α,β-unsaturated/α-hetero) is 1. The van der Waals surface area contributed by atoms with Crippen LogP contribution in [0.5, 0.6) is 0 Å². The van der Waals surface area contributed by atoms with Gasteiger partial charge in [-0.2, -0.15) is 0 Å². The van der Waals surface area contributed by atoms with Gasteiger partial charge < -0.3 is 104 Å². The summed E-state index contributed by atoms with van der Waals surface area (Å²) in [6.07, 6.45) is -10.4. The number of aryl methyl sites for hydroxylation is 2. The highest BCUT2D eigenvalue weighted by atomic mass is 79.9. The van der Waals surface area contributed by atoms with Crippen LogP contribution in [0, 0.1) is 23.7 Å². The quantitative estimate of drug-likeness (QED) is 0.0114. The lowest BCUT2D eigenvalue weighted by molar-refractivity contribution is -0.318. The van der Waals surface area contributed by atoms with Gasteiger partial charge in [0.25, 0.3) is 11.8 Å². The molecule has 3 aromatic rings. The van der Waals surface area contributed by atoms with Crippen molar-refractivity contribution in [3.63, 3.8) is 0 Å². The summed E-state index contributed by atoms with van der Waals surface area (Å²) in [5.74, 6) is -6.61. The van der Waals surface area contributed by atoms with Crippen LogP contribution in [-0.4, -0.2) is 292 Å². The number of rotatable bonds is 23. The monoisotopic (exact) mass is 1700 g/mol. The molecule has 6 aliphatic heterocycles. The zero-order valence-corrected chi connectivity index (χ0v) is 69.8. The summed E-state index contributed by atoms with van der Waals surface area (Å²) in [4.78, 5) is 106. The van der Waals surface area contributed by atoms with Crippen LogP contribution in [-0.2, 0) is 71.5 Å². The third kappa shape index (κ3) is 25.9. The highest BCUT2D eigenvalue weighted by Gasteiger charge is 2.54. The lowest BCUT2D eigenvalue weighted by Crippen LogP contribution is -2.61. The van der Waals surface area contributed by atoms with E-state index in [4.69, 9.17) is 53.3 Å². The minimum atomic E-state index is -2.04. The molecule has 8 N–H and O–H groups in total. The third-order valence-corrected chi connectivity index (χ3v) is 22.2. The van der Waals surface area contributed by atoms with Crippen LogP contribution in [0.25, 0.3) is 10.4 Å². The number of nitrogens with zero attached hydrogens (tertiary/aromatic N) is 7. The first-order chi connectivity index (χ1) is 52.7. The molecule has 9 rings (SSSR count). The fourth-order valence-electron chi connectivity index (χ4n) is 14.5. The second-order valence-corrected chi connectivity index (χ2v) is 32.1. The summed E-state index contributed by atoms with van der Waals surface area (Å²) in [5, 5.41) is 78.4. The zero-order valence-electron chi connectivity index (χ0n) is 66.6. The number of carbonyl (C=O) groups excluding carboxylic acids is 7. The standard InChI is InChI=1S/C50H81N3O16.C14H17BrN2O3.C9H9BrO2.C5H8N4O2/c1-14-36-50(10,62)41(56)28(4)38(54)26(2)22-48(8,61)43(29(5)40(30(6)45(59)67-36)68-37-23-49(9,63-13)42(57)31(7)65-37)69-46-39(55)35(21-27(3)64-46)52(11)20-19-32-15-17-33(18-16-32)44(58)51-24-34-25-53(12)47(60)66-34;1-17-9-12(20-14(17)19)8-16-13(18)11-4-2-10(3-5-11)6-7-15;10-6-5-7-1-3-8(4-2-7)9(11)12;1-9-3-4(2-7-8-6)11-5(9)10/h15-18,26-31,34-37,39-43,46,55-57,61-62H,14,19-25H2,1-13H3,(H,51,58);2-5,12H,6-9H2,1H3,(H,16,18);1-4H,5-6H2,(H,11,12);4H,2-3H2,1H3/t26-,27-,28+,29+,30-,31+,34-,35+,36-,37+,39-,40+,41-,42+,43-,46+,48-,49-,50-;12-;;4-/m10.0/s1. The van der Waals surface area contributed by atoms with Gasteiger partial charge in [-0.25, -0.2) is 19.2 Å². The Bertz CT molecular complexity index is 3640. The summed E-state index contributed by atoms with van der Waals surface area (Å²) in [6, 6.07) is 21.1. The number of carboxylic acid groups (broad SMARTS) is 1. The molecule has 112 heavy (non-hydrogen) atoms. The van der Waals surface area contributed by atoms with Crippen LogP contribution < -0.4 is 10.6 Å². The van der Waals surface area contributed by atoms with Crippen LogP contribution >= 0.6 is 31.9 Å². The Hall–Kier alpha value is -7.15. The van der Waals surface area contributed by atoms with Gasteiger partial charge in [0, 0.05) is 91.7 Å². The molecule has 6 heterocycles. The number of halogens is 2. The second kappa shape index (κ2) is 43.0. The van der Waals surface area contributed by atoms with Crippen LogP contribution in [0.15, 0.2) is 77.9 Å². The van der Waals surface area contributed by atoms with Crippen molar-refractivity contribution >= 4 is 79.7 Å². The molecule has 0 unspecified atom stereocenters. The maximum atomic E-state index is 14.3. The molecule has 0 radical (unpaired) electrons. The van der Waals surface area contributed by atoms with E-state index in [9.17, 15) is 63.9 Å². The molecule has 21 atom stereocenters. The van der Waals surface area contributed by atoms with E-state index in [-0.39, 0.29) is 68.6 Å². The molecule has 5 amide bonds. The SMILES string of the molecule is CC[C@H]1OC(=O)[C@H](C)[C@@H](O[C@H]2C[C@@](C)(OC)[C@@H](O)[C@H](C)O2)[C@H](C)[C@@H](O[C@@H]2O[C@H](C)C[C@H](N(C)CCc3ccc(C(=O)NC[C@@H]4CN(C)C(=O)O4)cc3)[C@H]2O)[C@](C)(O)C[C@@H](C)C(=O)[C@H](C)[C@@H](O)[C@]1(C)O.CN1C[C@H](CN=[N+]=[N-])OC1=O.CN1C[C@H](CNC(=O)c2ccc(CCBr)cc2)OC1=O.O=C(O)c1ccc(CCBr)cc1. The van der Waals surface area contributed by atoms with Crippen molar-refractivity contribution in [2.45, 2.75) is 217 Å². The molecule has 3 aromatic carbocycles. The smallest absolute Gasteiger partial charge is 0.410 e. The van der Waals surface area contributed by atoms with Gasteiger partial charge in [0.15, 0.2) is 12.6 Å². The van der Waals surface area contributed by atoms with Crippen molar-refractivity contribution in [2.24, 2.45) is 28.8 Å². The Balaban J connectivity index is 0.000000360. The zero-order chi connectivity index (χ0) is 83.3. The number of alkyl halides is 2. The van der Waals surface area contributed by atoms with Gasteiger partial charge in [-0.3, -0.25) is 19.2 Å². The molecule has 0 bridgehead atoms. The van der Waals surface area contributed by atoms with Crippen LogP contribution in [0.3, 0.4) is 0 Å². The maximum Gasteiger partial charge on any atom is 0.410 e. The van der Waals surface area contributed by atoms with Gasteiger partial charge >= 0.3 is 30.2 Å². The van der Waals surface area contributed by atoms with Gasteiger partial charge in [0.1, 0.15) is 48.0 Å². The Kier molecular flexibility index (Phi) is 36.0. The topological polar surface area (TPSA) is 427 Å². The highest BCUT2D eigenvalue weighted by Crippen LogP contribution is 2.41. The summed E-state index contributed by atoms with van der Waals surface area (Å²) in [7, 11) is 8.30. The first-order valence-corrected chi connectivity index (χ1v) is 40.0. The van der Waals surface area contributed by atoms with Gasteiger partial charge in [-0.05, 0) is 146 Å². The average molecular weight is 1710 g/mol. The van der Waals surface area contributed by atoms with Gasteiger partial charge in [0.2, 0.25) is 0 Å². The van der Waals surface area contributed by atoms with E-state index in [0.717, 1.165) is 34.6 Å². The summed E-state index contributed by atoms with van der Waals surface area (Å²) in [5.41, 5.74) is 7.64. The molecule has 6 fully saturated rings. The number of ether oxygens (including phenoxy) is 9. The fraction of sp³-hybridized carbons (Fsp3) is 0.667. The summed E-state index contributed by atoms with van der Waals surface area (Å²) < 4.78 is 52.8. The number of aliphatic hydroxyl groups is 5. The van der Waals surface area contributed by atoms with E-state index >= 15 is 0 Å². The van der Waals surface area contributed by atoms with E-state index < -0.39 is 138 Å². The van der Waals surface area contributed by atoms with E-state index in [1.807, 2.05) is 55.3 Å². The van der Waals surface area contributed by atoms with Gasteiger partial charge in [-0.1, -0.05) is 101 Å². The molecule has 6 aliphatic rings. The van der Waals surface area contributed by atoms with Gasteiger partial charge in [0.05, 0.1) is 92.5 Å². The van der Waals surface area contributed by atoms with Crippen LogP contribution in [0.2, 0.25) is 0 Å².